The summed E-state index contributed by atoms with van der Waals surface area (Å²) in [5.74, 6) is 0. The molecule has 0 radical (unpaired) electrons. The van der Waals surface area contributed by atoms with Gasteiger partial charge in [0.2, 0.25) is 0 Å². The minimum Gasteiger partial charge on any atom is -0.308 e. The van der Waals surface area contributed by atoms with E-state index in [-0.39, 0.29) is 11.2 Å². The molecule has 0 saturated carbocycles. The molecule has 0 aliphatic rings. The van der Waals surface area contributed by atoms with Crippen LogP contribution in [-0.2, 0) is 20.6 Å². The van der Waals surface area contributed by atoms with E-state index in [4.69, 9.17) is 0 Å². The van der Waals surface area contributed by atoms with E-state index in [1.807, 2.05) is 20.2 Å². The first-order chi connectivity index (χ1) is 8.85. The zero-order valence-electron chi connectivity index (χ0n) is 12.4. The summed E-state index contributed by atoms with van der Waals surface area (Å²) in [4.78, 5) is 11.9. The number of rotatable bonds is 4. The van der Waals surface area contributed by atoms with E-state index in [2.05, 4.69) is 38.2 Å². The molecule has 0 atom stereocenters. The van der Waals surface area contributed by atoms with Gasteiger partial charge in [-0.25, -0.2) is 4.79 Å². The van der Waals surface area contributed by atoms with Crippen LogP contribution < -0.4 is 11.0 Å². The van der Waals surface area contributed by atoms with Gasteiger partial charge >= 0.3 is 5.69 Å². The number of nitrogens with one attached hydrogen (secondary N) is 1. The van der Waals surface area contributed by atoms with Crippen LogP contribution in [0.3, 0.4) is 0 Å². The summed E-state index contributed by atoms with van der Waals surface area (Å²) >= 11 is 0. The Bertz CT molecular complexity index is 649. The van der Waals surface area contributed by atoms with Gasteiger partial charge in [-0.05, 0) is 38.0 Å². The van der Waals surface area contributed by atoms with Crippen molar-refractivity contribution in [3.8, 4) is 0 Å². The molecular formula is C15H23N3O. The Kier molecular flexibility index (Phi) is 3.54. The number of aromatic nitrogens is 2. The van der Waals surface area contributed by atoms with E-state index in [0.29, 0.717) is 0 Å². The monoisotopic (exact) mass is 261 g/mol. The summed E-state index contributed by atoms with van der Waals surface area (Å²) in [6.45, 7) is 7.39. The van der Waals surface area contributed by atoms with Gasteiger partial charge in [0.15, 0.2) is 0 Å². The van der Waals surface area contributed by atoms with Crippen molar-refractivity contribution in [1.82, 2.24) is 14.5 Å². The van der Waals surface area contributed by atoms with Gasteiger partial charge in [0, 0.05) is 26.2 Å². The highest BCUT2D eigenvalue weighted by Gasteiger charge is 2.14. The van der Waals surface area contributed by atoms with Crippen LogP contribution in [0.15, 0.2) is 23.0 Å². The van der Waals surface area contributed by atoms with Crippen molar-refractivity contribution >= 4 is 11.0 Å². The topological polar surface area (TPSA) is 39.0 Å². The van der Waals surface area contributed by atoms with Crippen LogP contribution in [0, 0.1) is 0 Å². The first kappa shape index (κ1) is 13.9. The molecule has 1 aromatic heterocycles. The van der Waals surface area contributed by atoms with Gasteiger partial charge in [0.25, 0.3) is 0 Å². The molecule has 0 aliphatic heterocycles. The zero-order valence-corrected chi connectivity index (χ0v) is 12.4. The van der Waals surface area contributed by atoms with Crippen molar-refractivity contribution < 1.29 is 0 Å². The third kappa shape index (κ3) is 2.59. The molecule has 1 N–H and O–H groups in total. The summed E-state index contributed by atoms with van der Waals surface area (Å²) in [7, 11) is 3.63. The Morgan fingerprint density at radius 1 is 1.16 bits per heavy atom. The minimum atomic E-state index is 0.0222. The maximum Gasteiger partial charge on any atom is 0.328 e. The van der Waals surface area contributed by atoms with E-state index in [1.54, 1.807) is 9.13 Å². The Labute approximate surface area is 114 Å². The van der Waals surface area contributed by atoms with E-state index in [9.17, 15) is 4.79 Å². The maximum atomic E-state index is 11.9. The Balaban J connectivity index is 2.32. The van der Waals surface area contributed by atoms with Crippen LogP contribution in [0.5, 0.6) is 0 Å². The molecule has 2 rings (SSSR count). The maximum absolute atomic E-state index is 11.9. The number of aryl methyl sites for hydroxylation is 2. The van der Waals surface area contributed by atoms with Gasteiger partial charge < -0.3 is 5.32 Å². The summed E-state index contributed by atoms with van der Waals surface area (Å²) in [5.41, 5.74) is 3.33. The van der Waals surface area contributed by atoms with E-state index in [1.165, 1.54) is 5.56 Å². The Morgan fingerprint density at radius 3 is 2.42 bits per heavy atom. The fraction of sp³-hybridized carbons (Fsp3) is 0.533. The van der Waals surface area contributed by atoms with Crippen molar-refractivity contribution in [2.75, 3.05) is 0 Å². The lowest BCUT2D eigenvalue weighted by molar-refractivity contribution is 0.374. The van der Waals surface area contributed by atoms with Crippen molar-refractivity contribution in [3.63, 3.8) is 0 Å². The average molecular weight is 261 g/mol. The number of benzene rings is 1. The lowest BCUT2D eigenvalue weighted by Crippen LogP contribution is -2.37. The highest BCUT2D eigenvalue weighted by molar-refractivity contribution is 5.76. The van der Waals surface area contributed by atoms with Gasteiger partial charge in [-0.3, -0.25) is 9.13 Å². The van der Waals surface area contributed by atoms with Gasteiger partial charge in [-0.15, -0.1) is 0 Å². The highest BCUT2D eigenvalue weighted by Crippen LogP contribution is 2.15. The first-order valence-electron chi connectivity index (χ1n) is 6.75. The molecule has 0 amide bonds. The Morgan fingerprint density at radius 2 is 1.79 bits per heavy atom. The fourth-order valence-electron chi connectivity index (χ4n) is 2.13. The van der Waals surface area contributed by atoms with Crippen LogP contribution >= 0.6 is 0 Å². The average Bonchev–Trinajstić information content (AvgIpc) is 2.62. The quantitative estimate of drug-likeness (QED) is 0.916. The van der Waals surface area contributed by atoms with Crippen molar-refractivity contribution in [2.24, 2.45) is 14.1 Å². The summed E-state index contributed by atoms with van der Waals surface area (Å²) in [6, 6.07) is 6.20. The molecule has 0 bridgehead atoms. The standard InChI is InChI=1S/C15H23N3O/c1-6-15(2,3)16-10-11-7-8-12-13(9-11)18(5)14(19)17(12)4/h7-9,16H,6,10H2,1-5H3. The van der Waals surface area contributed by atoms with Crippen molar-refractivity contribution in [3.05, 3.63) is 34.2 Å². The number of hydrogen-bond donors (Lipinski definition) is 1. The zero-order chi connectivity index (χ0) is 14.2. The van der Waals surface area contributed by atoms with E-state index < -0.39 is 0 Å². The number of fused-ring (bicyclic) bond motifs is 1. The molecule has 0 spiro atoms. The smallest absolute Gasteiger partial charge is 0.308 e. The molecule has 0 fully saturated rings. The fourth-order valence-corrected chi connectivity index (χ4v) is 2.13. The predicted octanol–water partition coefficient (Wildman–Crippen LogP) is 2.16. The second-order valence-corrected chi connectivity index (χ2v) is 5.81. The van der Waals surface area contributed by atoms with E-state index in [0.717, 1.165) is 24.0 Å². The number of hydrogen-bond acceptors (Lipinski definition) is 2. The van der Waals surface area contributed by atoms with Gasteiger partial charge in [0.05, 0.1) is 11.0 Å². The van der Waals surface area contributed by atoms with Crippen LogP contribution in [0.1, 0.15) is 32.8 Å². The molecule has 4 heteroatoms. The van der Waals surface area contributed by atoms with Crippen molar-refractivity contribution in [1.29, 1.82) is 0 Å². The Hall–Kier alpha value is -1.55. The normalized spacial score (nSPS) is 12.3. The second kappa shape index (κ2) is 4.85. The largest absolute Gasteiger partial charge is 0.328 e. The minimum absolute atomic E-state index is 0.0222. The highest BCUT2D eigenvalue weighted by atomic mass is 16.1. The lowest BCUT2D eigenvalue weighted by atomic mass is 10.0. The van der Waals surface area contributed by atoms with E-state index >= 15 is 0 Å². The molecular weight excluding hydrogens is 238 g/mol. The predicted molar refractivity (Wildman–Crippen MR) is 79.4 cm³/mol. The molecule has 1 heterocycles. The molecule has 0 saturated heterocycles. The third-order valence-electron chi connectivity index (χ3n) is 3.99. The van der Waals surface area contributed by atoms with Crippen LogP contribution in [0.25, 0.3) is 11.0 Å². The third-order valence-corrected chi connectivity index (χ3v) is 3.99. The molecule has 1 aromatic carbocycles. The summed E-state index contributed by atoms with van der Waals surface area (Å²) < 4.78 is 3.38. The molecule has 0 unspecified atom stereocenters. The van der Waals surface area contributed by atoms with Gasteiger partial charge in [-0.1, -0.05) is 13.0 Å². The summed E-state index contributed by atoms with van der Waals surface area (Å²) in [6.07, 6.45) is 1.08. The van der Waals surface area contributed by atoms with Gasteiger partial charge in [-0.2, -0.15) is 0 Å². The number of nitrogens with zero attached hydrogens (tertiary/aromatic N) is 2. The molecule has 104 valence electrons. The molecule has 4 nitrogen and oxygen atoms in total. The molecule has 0 aliphatic carbocycles. The molecule has 19 heavy (non-hydrogen) atoms. The van der Waals surface area contributed by atoms with Gasteiger partial charge in [0.1, 0.15) is 0 Å². The van der Waals surface area contributed by atoms with Crippen LogP contribution in [0.4, 0.5) is 0 Å². The van der Waals surface area contributed by atoms with Crippen LogP contribution in [0.2, 0.25) is 0 Å². The first-order valence-corrected chi connectivity index (χ1v) is 6.75. The second-order valence-electron chi connectivity index (χ2n) is 5.81. The van der Waals surface area contributed by atoms with Crippen LogP contribution in [-0.4, -0.2) is 14.7 Å². The number of imidazole rings is 1. The SMILES string of the molecule is CCC(C)(C)NCc1ccc2c(c1)n(C)c(=O)n2C. The van der Waals surface area contributed by atoms with Crippen molar-refractivity contribution in [2.45, 2.75) is 39.3 Å². The molecule has 2 aromatic rings. The summed E-state index contributed by atoms with van der Waals surface area (Å²) in [5, 5.41) is 3.54. The lowest BCUT2D eigenvalue weighted by Gasteiger charge is -2.24.